The normalized spacial score (nSPS) is 11.9. The predicted octanol–water partition coefficient (Wildman–Crippen LogP) is 5.98. The molecule has 2 nitrogen and oxygen atoms in total. The molecule has 0 aliphatic carbocycles. The van der Waals surface area contributed by atoms with Crippen molar-refractivity contribution in [1.82, 2.24) is 4.98 Å². The van der Waals surface area contributed by atoms with Crippen molar-refractivity contribution in [2.45, 2.75) is 6.92 Å². The van der Waals surface area contributed by atoms with Crippen LogP contribution in [0.2, 0.25) is 0 Å². The minimum Gasteiger partial charge on any atom is -0.456 e. The molecule has 0 saturated carbocycles. The van der Waals surface area contributed by atoms with E-state index >= 15 is 0 Å². The van der Waals surface area contributed by atoms with Gasteiger partial charge in [-0.2, -0.15) is 0 Å². The number of benzene rings is 3. The third-order valence-electron chi connectivity index (χ3n) is 4.51. The highest BCUT2D eigenvalue weighted by Crippen LogP contribution is 2.46. The van der Waals surface area contributed by atoms with Crippen molar-refractivity contribution in [3.8, 4) is 33.9 Å². The molecule has 0 fully saturated rings. The molecule has 2 heteroatoms. The first-order valence-electron chi connectivity index (χ1n) is 8.08. The van der Waals surface area contributed by atoms with Gasteiger partial charge in [0.15, 0.2) is 0 Å². The van der Waals surface area contributed by atoms with Crippen LogP contribution in [0.1, 0.15) is 5.56 Å². The highest BCUT2D eigenvalue weighted by molar-refractivity contribution is 5.95. The number of para-hydroxylation sites is 2. The molecule has 1 aromatic heterocycles. The number of ether oxygens (including phenoxy) is 1. The van der Waals surface area contributed by atoms with E-state index in [1.54, 1.807) is 0 Å². The molecule has 24 heavy (non-hydrogen) atoms. The summed E-state index contributed by atoms with van der Waals surface area (Å²) in [6, 6.07) is 24.9. The first kappa shape index (κ1) is 13.3. The average molecular weight is 309 g/mol. The van der Waals surface area contributed by atoms with Crippen molar-refractivity contribution in [3.05, 3.63) is 78.4 Å². The topological polar surface area (TPSA) is 22.1 Å². The van der Waals surface area contributed by atoms with Gasteiger partial charge in [0.25, 0.3) is 0 Å². The van der Waals surface area contributed by atoms with Crippen molar-refractivity contribution in [1.29, 1.82) is 0 Å². The van der Waals surface area contributed by atoms with Crippen LogP contribution in [0.15, 0.2) is 72.8 Å². The summed E-state index contributed by atoms with van der Waals surface area (Å²) < 4.78 is 6.23. The molecular weight excluding hydrogens is 294 g/mol. The third-order valence-corrected chi connectivity index (χ3v) is 4.51. The van der Waals surface area contributed by atoms with Gasteiger partial charge in [-0.05, 0) is 43.3 Å². The fraction of sp³-hybridized carbons (Fsp3) is 0.0455. The van der Waals surface area contributed by atoms with Crippen LogP contribution in [0.3, 0.4) is 0 Å². The summed E-state index contributed by atoms with van der Waals surface area (Å²) in [4.78, 5) is 4.97. The lowest BCUT2D eigenvalue weighted by atomic mass is 9.96. The average Bonchev–Trinajstić information content (AvgIpc) is 2.75. The zero-order chi connectivity index (χ0) is 16.1. The Morgan fingerprint density at radius 3 is 2.46 bits per heavy atom. The number of fused-ring (bicyclic) bond motifs is 6. The maximum Gasteiger partial charge on any atom is 0.136 e. The van der Waals surface area contributed by atoms with Crippen molar-refractivity contribution in [2.24, 2.45) is 0 Å². The van der Waals surface area contributed by atoms with Crippen molar-refractivity contribution < 1.29 is 4.74 Å². The number of hydrogen-bond donors (Lipinski definition) is 0. The molecule has 1 aliphatic rings. The number of hydrogen-bond acceptors (Lipinski definition) is 2. The van der Waals surface area contributed by atoms with Crippen LogP contribution in [0, 0.1) is 6.92 Å². The van der Waals surface area contributed by atoms with E-state index in [2.05, 4.69) is 49.4 Å². The Hall–Kier alpha value is -3.13. The second kappa shape index (κ2) is 4.93. The Morgan fingerprint density at radius 2 is 1.50 bits per heavy atom. The van der Waals surface area contributed by atoms with E-state index < -0.39 is 0 Å². The predicted molar refractivity (Wildman–Crippen MR) is 97.4 cm³/mol. The third kappa shape index (κ3) is 1.93. The van der Waals surface area contributed by atoms with E-state index in [1.165, 1.54) is 5.56 Å². The van der Waals surface area contributed by atoms with Crippen LogP contribution in [0.5, 0.6) is 11.5 Å². The van der Waals surface area contributed by atoms with Gasteiger partial charge in [0.2, 0.25) is 0 Å². The van der Waals surface area contributed by atoms with Crippen molar-refractivity contribution in [2.75, 3.05) is 0 Å². The van der Waals surface area contributed by atoms with Gasteiger partial charge in [-0.25, -0.2) is 4.98 Å². The van der Waals surface area contributed by atoms with Crippen LogP contribution >= 0.6 is 0 Å². The Bertz CT molecular complexity index is 1100. The lowest BCUT2D eigenvalue weighted by Crippen LogP contribution is -1.90. The van der Waals surface area contributed by atoms with Gasteiger partial charge in [0.1, 0.15) is 11.5 Å². The molecule has 0 saturated heterocycles. The molecule has 5 rings (SSSR count). The van der Waals surface area contributed by atoms with Crippen LogP contribution < -0.4 is 4.74 Å². The van der Waals surface area contributed by atoms with Crippen molar-refractivity contribution in [3.63, 3.8) is 0 Å². The monoisotopic (exact) mass is 309 g/mol. The van der Waals surface area contributed by atoms with Gasteiger partial charge in [-0.15, -0.1) is 0 Å². The Morgan fingerprint density at radius 1 is 0.708 bits per heavy atom. The van der Waals surface area contributed by atoms with Gasteiger partial charge in [0.05, 0.1) is 11.2 Å². The molecule has 1 aliphatic heterocycles. The molecule has 2 heterocycles. The SMILES string of the molecule is Cc1ccc2c(c1)-c1cc3ccccc3nc1-c1ccccc1O2. The molecule has 3 aromatic carbocycles. The maximum atomic E-state index is 6.23. The molecular formula is C22H15NO. The molecule has 0 N–H and O–H groups in total. The quantitative estimate of drug-likeness (QED) is 0.351. The first-order valence-corrected chi connectivity index (χ1v) is 8.08. The van der Waals surface area contributed by atoms with Crippen LogP contribution in [-0.2, 0) is 0 Å². The molecule has 0 atom stereocenters. The van der Waals surface area contributed by atoms with E-state index in [9.17, 15) is 0 Å². The summed E-state index contributed by atoms with van der Waals surface area (Å²) in [7, 11) is 0. The minimum absolute atomic E-state index is 0.851. The van der Waals surface area contributed by atoms with E-state index in [0.29, 0.717) is 0 Å². The Kier molecular flexibility index (Phi) is 2.74. The Balaban J connectivity index is 1.95. The number of pyridine rings is 1. The molecule has 0 radical (unpaired) electrons. The summed E-state index contributed by atoms with van der Waals surface area (Å²) in [6.07, 6.45) is 0. The highest BCUT2D eigenvalue weighted by atomic mass is 16.5. The molecule has 0 bridgehead atoms. The fourth-order valence-electron chi connectivity index (χ4n) is 3.34. The molecule has 4 aromatic rings. The summed E-state index contributed by atoms with van der Waals surface area (Å²) in [5.74, 6) is 1.73. The minimum atomic E-state index is 0.851. The standard InChI is InChI=1S/C22H15NO/c1-14-10-11-21-17(12-14)18-13-15-6-2-4-8-19(15)23-22(18)16-7-3-5-9-20(16)24-21/h2-13H,1H3. The summed E-state index contributed by atoms with van der Waals surface area (Å²) >= 11 is 0. The summed E-state index contributed by atoms with van der Waals surface area (Å²) in [5.41, 5.74) is 6.45. The van der Waals surface area contributed by atoms with E-state index in [1.807, 2.05) is 30.3 Å². The van der Waals surface area contributed by atoms with Gasteiger partial charge in [-0.1, -0.05) is 42.0 Å². The van der Waals surface area contributed by atoms with Crippen LogP contribution in [-0.4, -0.2) is 4.98 Å². The second-order valence-corrected chi connectivity index (χ2v) is 6.18. The smallest absolute Gasteiger partial charge is 0.136 e. The van der Waals surface area contributed by atoms with Gasteiger partial charge in [-0.3, -0.25) is 0 Å². The second-order valence-electron chi connectivity index (χ2n) is 6.18. The molecule has 0 amide bonds. The number of aryl methyl sites for hydroxylation is 1. The van der Waals surface area contributed by atoms with E-state index in [0.717, 1.165) is 44.8 Å². The largest absolute Gasteiger partial charge is 0.456 e. The van der Waals surface area contributed by atoms with Gasteiger partial charge >= 0.3 is 0 Å². The van der Waals surface area contributed by atoms with E-state index in [4.69, 9.17) is 9.72 Å². The van der Waals surface area contributed by atoms with Gasteiger partial charge in [0, 0.05) is 22.1 Å². The summed E-state index contributed by atoms with van der Waals surface area (Å²) in [5, 5.41) is 1.14. The zero-order valence-electron chi connectivity index (χ0n) is 13.3. The Labute approximate surface area is 140 Å². The molecule has 0 spiro atoms. The summed E-state index contributed by atoms with van der Waals surface area (Å²) in [6.45, 7) is 2.10. The molecule has 114 valence electrons. The van der Waals surface area contributed by atoms with Crippen molar-refractivity contribution >= 4 is 10.9 Å². The molecule has 0 unspecified atom stereocenters. The first-order chi connectivity index (χ1) is 11.8. The fourth-order valence-corrected chi connectivity index (χ4v) is 3.34. The van der Waals surface area contributed by atoms with E-state index in [-0.39, 0.29) is 0 Å². The zero-order valence-corrected chi connectivity index (χ0v) is 13.3. The number of nitrogens with zero attached hydrogens (tertiary/aromatic N) is 1. The lowest BCUT2D eigenvalue weighted by Gasteiger charge is -2.10. The lowest BCUT2D eigenvalue weighted by molar-refractivity contribution is 0.487. The highest BCUT2D eigenvalue weighted by Gasteiger charge is 2.22. The number of rotatable bonds is 0. The number of aromatic nitrogens is 1. The van der Waals surface area contributed by atoms with Crippen LogP contribution in [0.25, 0.3) is 33.3 Å². The van der Waals surface area contributed by atoms with Crippen LogP contribution in [0.4, 0.5) is 0 Å². The van der Waals surface area contributed by atoms with Gasteiger partial charge < -0.3 is 4.74 Å². The maximum absolute atomic E-state index is 6.23.